The molecule has 0 bridgehead atoms. The van der Waals surface area contributed by atoms with Crippen LogP contribution in [0.5, 0.6) is 5.75 Å². The van der Waals surface area contributed by atoms with E-state index in [2.05, 4.69) is 17.1 Å². The molecule has 0 aliphatic carbocycles. The van der Waals surface area contributed by atoms with Gasteiger partial charge in [0.05, 0.1) is 17.5 Å². The first kappa shape index (κ1) is 16.0. The van der Waals surface area contributed by atoms with Crippen molar-refractivity contribution in [1.29, 1.82) is 0 Å². The molecule has 2 rings (SSSR count). The van der Waals surface area contributed by atoms with E-state index < -0.39 is 0 Å². The molecule has 0 radical (unpaired) electrons. The maximum absolute atomic E-state index is 6.23. The topological polar surface area (TPSA) is 50.5 Å². The van der Waals surface area contributed by atoms with Crippen molar-refractivity contribution < 1.29 is 4.74 Å². The van der Waals surface area contributed by atoms with E-state index in [1.807, 2.05) is 32.0 Å². The highest BCUT2D eigenvalue weighted by Crippen LogP contribution is 2.31. The molecule has 1 aliphatic heterocycles. The van der Waals surface area contributed by atoms with Crippen molar-refractivity contribution in [3.05, 3.63) is 18.2 Å². The number of nitrogens with zero attached hydrogens (tertiary/aromatic N) is 1. The van der Waals surface area contributed by atoms with E-state index in [4.69, 9.17) is 10.5 Å². The fourth-order valence-electron chi connectivity index (χ4n) is 2.86. The second-order valence-electron chi connectivity index (χ2n) is 6.14. The number of hydrogen-bond donors (Lipinski definition) is 2. The van der Waals surface area contributed by atoms with Crippen LogP contribution in [0.15, 0.2) is 18.2 Å². The highest BCUT2D eigenvalue weighted by Gasteiger charge is 2.19. The summed E-state index contributed by atoms with van der Waals surface area (Å²) < 4.78 is 5.75. The largest absolute Gasteiger partial charge is 0.489 e. The molecule has 0 amide bonds. The molecule has 21 heavy (non-hydrogen) atoms. The van der Waals surface area contributed by atoms with Gasteiger partial charge in [-0.25, -0.2) is 0 Å². The number of nitrogen functional groups attached to an aromatic ring is 1. The lowest BCUT2D eigenvalue weighted by molar-refractivity contribution is 0.219. The number of nitrogens with two attached hydrogens (primary N) is 1. The van der Waals surface area contributed by atoms with Gasteiger partial charge in [-0.2, -0.15) is 0 Å². The van der Waals surface area contributed by atoms with Crippen LogP contribution in [0, 0.1) is 0 Å². The summed E-state index contributed by atoms with van der Waals surface area (Å²) in [6, 6.07) is 6.49. The first-order valence-corrected chi connectivity index (χ1v) is 8.14. The van der Waals surface area contributed by atoms with Crippen LogP contribution in [0.1, 0.15) is 40.0 Å². The number of para-hydroxylation sites is 1. The van der Waals surface area contributed by atoms with Gasteiger partial charge >= 0.3 is 0 Å². The van der Waals surface area contributed by atoms with Crippen LogP contribution in [0.25, 0.3) is 0 Å². The van der Waals surface area contributed by atoms with Crippen LogP contribution in [-0.4, -0.2) is 36.7 Å². The van der Waals surface area contributed by atoms with E-state index in [9.17, 15) is 0 Å². The summed E-state index contributed by atoms with van der Waals surface area (Å²) in [6.07, 6.45) is 3.73. The molecular formula is C17H29N3O. The lowest BCUT2D eigenvalue weighted by atomic mass is 10.0. The molecule has 0 spiro atoms. The van der Waals surface area contributed by atoms with Gasteiger partial charge in [-0.05, 0) is 51.8 Å². The van der Waals surface area contributed by atoms with E-state index in [-0.39, 0.29) is 6.10 Å². The Labute approximate surface area is 128 Å². The monoisotopic (exact) mass is 291 g/mol. The average Bonchev–Trinajstić information content (AvgIpc) is 2.45. The predicted molar refractivity (Wildman–Crippen MR) is 90.0 cm³/mol. The third-order valence-electron chi connectivity index (χ3n) is 3.92. The minimum atomic E-state index is 0.139. The first-order valence-electron chi connectivity index (χ1n) is 8.14. The van der Waals surface area contributed by atoms with Crippen molar-refractivity contribution >= 4 is 11.4 Å². The normalized spacial score (nSPS) is 17.1. The summed E-state index contributed by atoms with van der Waals surface area (Å²) in [5.74, 6) is 0.776. The highest BCUT2D eigenvalue weighted by molar-refractivity contribution is 5.73. The van der Waals surface area contributed by atoms with Crippen LogP contribution in [0.2, 0.25) is 0 Å². The van der Waals surface area contributed by atoms with Crippen molar-refractivity contribution in [3.8, 4) is 5.75 Å². The SMILES string of the molecule is CCCN1CCC(Nc2cccc(OC(C)C)c2N)CC1. The number of anilines is 2. The second-order valence-corrected chi connectivity index (χ2v) is 6.14. The zero-order valence-electron chi connectivity index (χ0n) is 13.6. The van der Waals surface area contributed by atoms with Gasteiger partial charge in [-0.3, -0.25) is 0 Å². The molecule has 118 valence electrons. The fraction of sp³-hybridized carbons (Fsp3) is 0.647. The summed E-state index contributed by atoms with van der Waals surface area (Å²) in [5.41, 5.74) is 7.95. The molecule has 4 heteroatoms. The van der Waals surface area contributed by atoms with Gasteiger partial charge in [0, 0.05) is 19.1 Å². The number of piperidine rings is 1. The molecular weight excluding hydrogens is 262 g/mol. The van der Waals surface area contributed by atoms with Gasteiger partial charge < -0.3 is 20.7 Å². The van der Waals surface area contributed by atoms with Gasteiger partial charge in [0.1, 0.15) is 5.75 Å². The molecule has 1 aliphatic rings. The average molecular weight is 291 g/mol. The van der Waals surface area contributed by atoms with E-state index in [0.717, 1.165) is 17.1 Å². The van der Waals surface area contributed by atoms with Crippen molar-refractivity contribution in [2.75, 3.05) is 30.7 Å². The quantitative estimate of drug-likeness (QED) is 0.789. The Hall–Kier alpha value is -1.42. The Bertz CT molecular complexity index is 440. The lowest BCUT2D eigenvalue weighted by Crippen LogP contribution is -2.39. The van der Waals surface area contributed by atoms with Gasteiger partial charge in [0.25, 0.3) is 0 Å². The van der Waals surface area contributed by atoms with Gasteiger partial charge in [0.15, 0.2) is 0 Å². The minimum Gasteiger partial charge on any atom is -0.489 e. The Kier molecular flexibility index (Phi) is 5.74. The molecule has 4 nitrogen and oxygen atoms in total. The molecule has 3 N–H and O–H groups in total. The molecule has 1 fully saturated rings. The summed E-state index contributed by atoms with van der Waals surface area (Å²) >= 11 is 0. The number of likely N-dealkylation sites (tertiary alicyclic amines) is 1. The summed E-state index contributed by atoms with van der Waals surface area (Å²) in [6.45, 7) is 9.84. The molecule has 0 atom stereocenters. The number of nitrogens with one attached hydrogen (secondary N) is 1. The minimum absolute atomic E-state index is 0.139. The smallest absolute Gasteiger partial charge is 0.144 e. The summed E-state index contributed by atoms with van der Waals surface area (Å²) in [5, 5.41) is 3.59. The van der Waals surface area contributed by atoms with Crippen LogP contribution in [0.3, 0.4) is 0 Å². The zero-order valence-corrected chi connectivity index (χ0v) is 13.6. The van der Waals surface area contributed by atoms with E-state index in [1.165, 1.54) is 38.9 Å². The molecule has 0 saturated carbocycles. The lowest BCUT2D eigenvalue weighted by Gasteiger charge is -2.33. The van der Waals surface area contributed by atoms with Gasteiger partial charge in [-0.15, -0.1) is 0 Å². The van der Waals surface area contributed by atoms with Crippen molar-refractivity contribution in [2.24, 2.45) is 0 Å². The molecule has 0 unspecified atom stereocenters. The second kappa shape index (κ2) is 7.55. The van der Waals surface area contributed by atoms with E-state index >= 15 is 0 Å². The zero-order chi connectivity index (χ0) is 15.2. The molecule has 0 aromatic heterocycles. The Morgan fingerprint density at radius 1 is 1.33 bits per heavy atom. The molecule has 1 saturated heterocycles. The Morgan fingerprint density at radius 3 is 2.67 bits per heavy atom. The maximum atomic E-state index is 6.23. The van der Waals surface area contributed by atoms with E-state index in [0.29, 0.717) is 6.04 Å². The van der Waals surface area contributed by atoms with Crippen molar-refractivity contribution in [3.63, 3.8) is 0 Å². The highest BCUT2D eigenvalue weighted by atomic mass is 16.5. The van der Waals surface area contributed by atoms with Crippen LogP contribution >= 0.6 is 0 Å². The Balaban J connectivity index is 1.94. The van der Waals surface area contributed by atoms with Crippen LogP contribution < -0.4 is 15.8 Å². The summed E-state index contributed by atoms with van der Waals surface area (Å²) in [7, 11) is 0. The van der Waals surface area contributed by atoms with Crippen molar-refractivity contribution in [1.82, 2.24) is 4.90 Å². The Morgan fingerprint density at radius 2 is 2.05 bits per heavy atom. The predicted octanol–water partition coefficient (Wildman–Crippen LogP) is 3.34. The molecule has 1 heterocycles. The standard InChI is InChI=1S/C17H29N3O/c1-4-10-20-11-8-14(9-12-20)19-15-6-5-7-16(17(15)18)21-13(2)3/h5-7,13-14,19H,4,8-12,18H2,1-3H3. The number of ether oxygens (including phenoxy) is 1. The maximum Gasteiger partial charge on any atom is 0.144 e. The number of rotatable bonds is 6. The number of benzene rings is 1. The fourth-order valence-corrected chi connectivity index (χ4v) is 2.86. The third kappa shape index (κ3) is 4.53. The number of hydrogen-bond acceptors (Lipinski definition) is 4. The van der Waals surface area contributed by atoms with E-state index in [1.54, 1.807) is 0 Å². The van der Waals surface area contributed by atoms with Crippen LogP contribution in [-0.2, 0) is 0 Å². The third-order valence-corrected chi connectivity index (χ3v) is 3.92. The van der Waals surface area contributed by atoms with Crippen molar-refractivity contribution in [2.45, 2.75) is 52.2 Å². The van der Waals surface area contributed by atoms with Crippen LogP contribution in [0.4, 0.5) is 11.4 Å². The molecule has 1 aromatic rings. The van der Waals surface area contributed by atoms with Gasteiger partial charge in [-0.1, -0.05) is 13.0 Å². The molecule has 1 aromatic carbocycles. The first-order chi connectivity index (χ1) is 10.1. The van der Waals surface area contributed by atoms with Gasteiger partial charge in [0.2, 0.25) is 0 Å². The summed E-state index contributed by atoms with van der Waals surface area (Å²) in [4.78, 5) is 2.54.